The molecule has 0 aromatic heterocycles. The summed E-state index contributed by atoms with van der Waals surface area (Å²) in [6.45, 7) is 1.53. The van der Waals surface area contributed by atoms with Crippen LogP contribution in [0.2, 0.25) is 0 Å². The van der Waals surface area contributed by atoms with Gasteiger partial charge in [0, 0.05) is 40.3 Å². The molecule has 0 aliphatic heterocycles. The molecule has 4 atom stereocenters. The van der Waals surface area contributed by atoms with Gasteiger partial charge in [-0.3, -0.25) is 0 Å². The second kappa shape index (κ2) is 10.2. The van der Waals surface area contributed by atoms with Crippen LogP contribution in [0.15, 0.2) is 46.6 Å². The lowest BCUT2D eigenvalue weighted by atomic mass is 9.81. The van der Waals surface area contributed by atoms with Gasteiger partial charge in [-0.15, -0.1) is 0 Å². The van der Waals surface area contributed by atoms with Gasteiger partial charge in [-0.25, -0.2) is 0 Å². The Labute approximate surface area is 155 Å². The van der Waals surface area contributed by atoms with E-state index >= 15 is 0 Å². The van der Waals surface area contributed by atoms with Crippen LogP contribution in [-0.4, -0.2) is 77.3 Å². The van der Waals surface area contributed by atoms with Crippen molar-refractivity contribution in [2.75, 3.05) is 54.9 Å². The zero-order valence-electron chi connectivity index (χ0n) is 16.0. The monoisotopic (exact) mass is 366 g/mol. The molecule has 0 radical (unpaired) electrons. The van der Waals surface area contributed by atoms with Crippen molar-refractivity contribution in [3.63, 3.8) is 0 Å². The quantitative estimate of drug-likeness (QED) is 0.640. The fraction of sp³-hybridized carbons (Fsp3) is 0.600. The van der Waals surface area contributed by atoms with Gasteiger partial charge in [-0.1, -0.05) is 24.3 Å². The van der Waals surface area contributed by atoms with Crippen molar-refractivity contribution in [1.82, 2.24) is 0 Å². The maximum Gasteiger partial charge on any atom is 0.0860 e. The number of aliphatic hydroxyl groups excluding tert-OH is 2. The number of allylic oxidation sites excluding steroid dienone is 4. The molecule has 0 fully saturated rings. The molecule has 0 aromatic carbocycles. The van der Waals surface area contributed by atoms with Crippen molar-refractivity contribution in [1.29, 1.82) is 0 Å². The fourth-order valence-corrected chi connectivity index (χ4v) is 3.47. The lowest BCUT2D eigenvalue weighted by molar-refractivity contribution is 0.0768. The van der Waals surface area contributed by atoms with Gasteiger partial charge in [0.05, 0.1) is 38.6 Å². The zero-order valence-corrected chi connectivity index (χ0v) is 16.0. The predicted molar refractivity (Wildman–Crippen MR) is 98.8 cm³/mol. The van der Waals surface area contributed by atoms with Gasteiger partial charge in [0.25, 0.3) is 0 Å². The molecule has 4 unspecified atom stereocenters. The Kier molecular flexibility index (Phi) is 8.21. The van der Waals surface area contributed by atoms with Gasteiger partial charge < -0.3 is 29.2 Å². The second-order valence-electron chi connectivity index (χ2n) is 6.68. The van der Waals surface area contributed by atoms with Gasteiger partial charge in [0.2, 0.25) is 0 Å². The highest BCUT2D eigenvalue weighted by Crippen LogP contribution is 2.33. The van der Waals surface area contributed by atoms with Gasteiger partial charge in [0.15, 0.2) is 0 Å². The van der Waals surface area contributed by atoms with E-state index in [1.54, 1.807) is 28.4 Å². The van der Waals surface area contributed by atoms with Crippen LogP contribution in [-0.2, 0) is 18.9 Å². The van der Waals surface area contributed by atoms with Crippen LogP contribution in [0.1, 0.15) is 0 Å². The Bertz CT molecular complexity index is 537. The van der Waals surface area contributed by atoms with E-state index in [1.165, 1.54) is 0 Å². The van der Waals surface area contributed by atoms with Crippen LogP contribution in [0.5, 0.6) is 0 Å². The average Bonchev–Trinajstić information content (AvgIpc) is 2.62. The summed E-state index contributed by atoms with van der Waals surface area (Å²) in [7, 11) is 6.46. The average molecular weight is 366 g/mol. The minimum Gasteiger partial charge on any atom is -0.388 e. The SMILES string of the molecule is COCC1=CC(C2=CC(COC)C(O)C(COC)=C2)=CC(COC)C1O. The topological polar surface area (TPSA) is 77.4 Å². The fourth-order valence-electron chi connectivity index (χ4n) is 3.47. The molecule has 0 saturated heterocycles. The summed E-state index contributed by atoms with van der Waals surface area (Å²) in [5.74, 6) is -0.309. The highest BCUT2D eigenvalue weighted by atomic mass is 16.5. The van der Waals surface area contributed by atoms with E-state index < -0.39 is 12.2 Å². The molecule has 2 rings (SSSR count). The normalized spacial score (nSPS) is 29.0. The molecule has 2 aliphatic carbocycles. The van der Waals surface area contributed by atoms with Gasteiger partial charge in [-0.05, 0) is 22.3 Å². The van der Waals surface area contributed by atoms with Crippen molar-refractivity contribution in [2.24, 2.45) is 11.8 Å². The van der Waals surface area contributed by atoms with Crippen molar-refractivity contribution in [3.8, 4) is 0 Å². The smallest absolute Gasteiger partial charge is 0.0860 e. The van der Waals surface area contributed by atoms with E-state index in [-0.39, 0.29) is 11.8 Å². The highest BCUT2D eigenvalue weighted by Gasteiger charge is 2.30. The third-order valence-electron chi connectivity index (χ3n) is 4.71. The van der Waals surface area contributed by atoms with Crippen LogP contribution < -0.4 is 0 Å². The maximum atomic E-state index is 10.5. The number of ether oxygens (including phenoxy) is 4. The Morgan fingerprint density at radius 3 is 1.38 bits per heavy atom. The number of hydrogen-bond acceptors (Lipinski definition) is 6. The molecule has 2 aliphatic rings. The maximum absolute atomic E-state index is 10.5. The van der Waals surface area contributed by atoms with Crippen LogP contribution in [0.25, 0.3) is 0 Å². The first-order valence-corrected chi connectivity index (χ1v) is 8.72. The summed E-state index contributed by atoms with van der Waals surface area (Å²) in [6, 6.07) is 0. The van der Waals surface area contributed by atoms with Gasteiger partial charge in [0.1, 0.15) is 0 Å². The first kappa shape index (κ1) is 21.0. The van der Waals surface area contributed by atoms with E-state index in [4.69, 9.17) is 18.9 Å². The van der Waals surface area contributed by atoms with Crippen molar-refractivity contribution in [3.05, 3.63) is 46.6 Å². The summed E-state index contributed by atoms with van der Waals surface area (Å²) in [4.78, 5) is 0. The van der Waals surface area contributed by atoms with Crippen LogP contribution in [0.4, 0.5) is 0 Å². The highest BCUT2D eigenvalue weighted by molar-refractivity contribution is 5.54. The first-order valence-electron chi connectivity index (χ1n) is 8.72. The minimum absolute atomic E-state index is 0.155. The lowest BCUT2D eigenvalue weighted by Crippen LogP contribution is -2.32. The van der Waals surface area contributed by atoms with E-state index in [2.05, 4.69) is 0 Å². The summed E-state index contributed by atoms with van der Waals surface area (Å²) >= 11 is 0. The van der Waals surface area contributed by atoms with Crippen LogP contribution in [0.3, 0.4) is 0 Å². The number of methoxy groups -OCH3 is 4. The third-order valence-corrected chi connectivity index (χ3v) is 4.71. The second-order valence-corrected chi connectivity index (χ2v) is 6.68. The minimum atomic E-state index is -0.634. The van der Waals surface area contributed by atoms with Crippen LogP contribution >= 0.6 is 0 Å². The lowest BCUT2D eigenvalue weighted by Gasteiger charge is -2.31. The van der Waals surface area contributed by atoms with E-state index in [0.717, 1.165) is 22.3 Å². The zero-order chi connectivity index (χ0) is 19.1. The number of rotatable bonds is 9. The van der Waals surface area contributed by atoms with E-state index in [0.29, 0.717) is 26.4 Å². The largest absolute Gasteiger partial charge is 0.388 e. The van der Waals surface area contributed by atoms with Crippen molar-refractivity contribution >= 4 is 0 Å². The molecule has 0 saturated carbocycles. The Morgan fingerprint density at radius 1 is 0.692 bits per heavy atom. The molecule has 26 heavy (non-hydrogen) atoms. The molecular formula is C20H30O6. The molecule has 146 valence electrons. The predicted octanol–water partition coefficient (Wildman–Crippen LogP) is 1.26. The molecule has 0 bridgehead atoms. The van der Waals surface area contributed by atoms with E-state index in [1.807, 2.05) is 24.3 Å². The Balaban J connectivity index is 2.40. The number of hydrogen-bond donors (Lipinski definition) is 2. The number of aliphatic hydroxyl groups is 2. The van der Waals surface area contributed by atoms with Gasteiger partial charge >= 0.3 is 0 Å². The van der Waals surface area contributed by atoms with Gasteiger partial charge in [-0.2, -0.15) is 0 Å². The Hall–Kier alpha value is -1.28. The molecule has 6 heteroatoms. The summed E-state index contributed by atoms with van der Waals surface area (Å²) in [5.41, 5.74) is 3.57. The summed E-state index contributed by atoms with van der Waals surface area (Å²) in [5, 5.41) is 21.1. The molecule has 6 nitrogen and oxygen atoms in total. The molecule has 0 amide bonds. The summed E-state index contributed by atoms with van der Waals surface area (Å²) < 4.78 is 21.0. The molecule has 0 heterocycles. The van der Waals surface area contributed by atoms with Crippen molar-refractivity contribution in [2.45, 2.75) is 12.2 Å². The summed E-state index contributed by atoms with van der Waals surface area (Å²) in [6.07, 6.45) is 6.67. The molecule has 0 aromatic rings. The standard InChI is InChI=1S/C20H30O6/c1-23-9-15-5-13(6-16(10-24-2)19(15)21)14-7-17(11-25-3)20(22)18(8-14)12-26-4/h5-8,15,17,19-22H,9-12H2,1-4H3. The molecule has 0 spiro atoms. The molecule has 2 N–H and O–H groups in total. The first-order chi connectivity index (χ1) is 12.5. The van der Waals surface area contributed by atoms with Crippen LogP contribution in [0, 0.1) is 11.8 Å². The Morgan fingerprint density at radius 2 is 1.08 bits per heavy atom. The van der Waals surface area contributed by atoms with E-state index in [9.17, 15) is 10.2 Å². The third kappa shape index (κ3) is 4.91. The van der Waals surface area contributed by atoms with Crippen molar-refractivity contribution < 1.29 is 29.2 Å². The molecular weight excluding hydrogens is 336 g/mol.